The van der Waals surface area contributed by atoms with E-state index >= 15 is 4.39 Å². The fraction of sp³-hybridized carbons (Fsp3) is 0.211. The van der Waals surface area contributed by atoms with Crippen molar-refractivity contribution in [2.24, 2.45) is 5.14 Å². The molecule has 1 aliphatic rings. The van der Waals surface area contributed by atoms with Gasteiger partial charge in [0.15, 0.2) is 5.82 Å². The zero-order valence-corrected chi connectivity index (χ0v) is 16.4. The van der Waals surface area contributed by atoms with Crippen molar-refractivity contribution in [3.05, 3.63) is 59.5 Å². The summed E-state index contributed by atoms with van der Waals surface area (Å²) in [6, 6.07) is 11.7. The largest absolute Gasteiger partial charge is 0.367 e. The van der Waals surface area contributed by atoms with Gasteiger partial charge in [-0.3, -0.25) is 4.98 Å². The van der Waals surface area contributed by atoms with Gasteiger partial charge < -0.3 is 9.80 Å². The van der Waals surface area contributed by atoms with Crippen molar-refractivity contribution in [3.8, 4) is 0 Å². The number of hydrogen-bond acceptors (Lipinski definition) is 5. The second-order valence-electron chi connectivity index (χ2n) is 6.57. The Bertz CT molecular complexity index is 1150. The van der Waals surface area contributed by atoms with Crippen LogP contribution in [0.1, 0.15) is 0 Å². The monoisotopic (exact) mass is 420 g/mol. The van der Waals surface area contributed by atoms with Crippen LogP contribution in [0.25, 0.3) is 10.9 Å². The maximum absolute atomic E-state index is 15.0. The van der Waals surface area contributed by atoms with E-state index in [-0.39, 0.29) is 10.4 Å². The fourth-order valence-corrected chi connectivity index (χ4v) is 4.50. The van der Waals surface area contributed by atoms with E-state index in [4.69, 9.17) is 16.7 Å². The molecule has 4 rings (SSSR count). The number of pyridine rings is 1. The van der Waals surface area contributed by atoms with Gasteiger partial charge in [-0.15, -0.1) is 0 Å². The van der Waals surface area contributed by atoms with E-state index in [1.165, 1.54) is 12.3 Å². The highest BCUT2D eigenvalue weighted by molar-refractivity contribution is 7.89. The summed E-state index contributed by atoms with van der Waals surface area (Å²) >= 11 is 6.12. The number of hydrogen-bond donors (Lipinski definition) is 1. The highest BCUT2D eigenvalue weighted by atomic mass is 35.5. The molecule has 2 N–H and O–H groups in total. The Kier molecular flexibility index (Phi) is 4.86. The number of nitrogens with two attached hydrogens (primary N) is 1. The predicted molar refractivity (Wildman–Crippen MR) is 109 cm³/mol. The highest BCUT2D eigenvalue weighted by Crippen LogP contribution is 2.31. The van der Waals surface area contributed by atoms with Gasteiger partial charge in [0.05, 0.1) is 16.4 Å². The molecule has 0 aliphatic carbocycles. The summed E-state index contributed by atoms with van der Waals surface area (Å²) in [5.74, 6) is -0.404. The van der Waals surface area contributed by atoms with E-state index in [2.05, 4.69) is 4.98 Å². The molecule has 1 fully saturated rings. The van der Waals surface area contributed by atoms with Crippen LogP contribution < -0.4 is 14.9 Å². The summed E-state index contributed by atoms with van der Waals surface area (Å²) in [7, 11) is -3.82. The Morgan fingerprint density at radius 2 is 1.61 bits per heavy atom. The van der Waals surface area contributed by atoms with Gasteiger partial charge in [-0.2, -0.15) is 0 Å². The minimum absolute atomic E-state index is 0.0965. The van der Waals surface area contributed by atoms with Gasteiger partial charge in [0, 0.05) is 37.8 Å². The third-order valence-corrected chi connectivity index (χ3v) is 6.20. The molecule has 3 aromatic rings. The number of fused-ring (bicyclic) bond motifs is 1. The maximum atomic E-state index is 15.0. The number of para-hydroxylation sites is 1. The third-order valence-electron chi connectivity index (χ3n) is 4.91. The van der Waals surface area contributed by atoms with E-state index in [9.17, 15) is 8.42 Å². The van der Waals surface area contributed by atoms with Gasteiger partial charge in [-0.05, 0) is 30.3 Å². The molecule has 0 spiro atoms. The Labute approximate surface area is 167 Å². The van der Waals surface area contributed by atoms with Gasteiger partial charge in [-0.25, -0.2) is 17.9 Å². The number of aromatic nitrogens is 1. The summed E-state index contributed by atoms with van der Waals surface area (Å²) in [6.07, 6.45) is 1.49. The normalized spacial score (nSPS) is 15.2. The fourth-order valence-electron chi connectivity index (χ4n) is 3.53. The van der Waals surface area contributed by atoms with Crippen molar-refractivity contribution in [2.75, 3.05) is 36.0 Å². The average Bonchev–Trinajstić information content (AvgIpc) is 2.69. The molecule has 0 unspecified atom stereocenters. The van der Waals surface area contributed by atoms with Crippen molar-refractivity contribution in [1.29, 1.82) is 0 Å². The summed E-state index contributed by atoms with van der Waals surface area (Å²) in [5.41, 5.74) is 1.27. The summed E-state index contributed by atoms with van der Waals surface area (Å²) in [4.78, 5) is 8.09. The zero-order chi connectivity index (χ0) is 19.9. The lowest BCUT2D eigenvalue weighted by molar-refractivity contribution is 0.593. The quantitative estimate of drug-likeness (QED) is 0.704. The van der Waals surface area contributed by atoms with Crippen molar-refractivity contribution >= 4 is 43.9 Å². The molecule has 0 bridgehead atoms. The number of benzene rings is 2. The van der Waals surface area contributed by atoms with Crippen molar-refractivity contribution in [3.63, 3.8) is 0 Å². The second kappa shape index (κ2) is 7.20. The van der Waals surface area contributed by atoms with Gasteiger partial charge in [-0.1, -0.05) is 23.7 Å². The minimum Gasteiger partial charge on any atom is -0.367 e. The Morgan fingerprint density at radius 1 is 0.964 bits per heavy atom. The van der Waals surface area contributed by atoms with Crippen LogP contribution in [-0.2, 0) is 10.0 Å². The molecule has 0 atom stereocenters. The molecule has 2 heterocycles. The van der Waals surface area contributed by atoms with Crippen LogP contribution in [0.4, 0.5) is 15.8 Å². The van der Waals surface area contributed by atoms with Gasteiger partial charge in [0.1, 0.15) is 10.4 Å². The van der Waals surface area contributed by atoms with E-state index in [1.54, 1.807) is 36.4 Å². The highest BCUT2D eigenvalue weighted by Gasteiger charge is 2.24. The lowest BCUT2D eigenvalue weighted by Gasteiger charge is -2.38. The molecule has 0 radical (unpaired) electrons. The molecule has 6 nitrogen and oxygen atoms in total. The number of primary sulfonamides is 1. The molecule has 1 aromatic heterocycles. The number of anilines is 2. The van der Waals surface area contributed by atoms with Crippen LogP contribution in [0, 0.1) is 5.82 Å². The van der Waals surface area contributed by atoms with Gasteiger partial charge in [0.25, 0.3) is 0 Å². The van der Waals surface area contributed by atoms with Crippen LogP contribution in [0.2, 0.25) is 5.02 Å². The van der Waals surface area contributed by atoms with Crippen LogP contribution in [0.3, 0.4) is 0 Å². The van der Waals surface area contributed by atoms with Crippen LogP contribution in [0.5, 0.6) is 0 Å². The number of nitrogens with zero attached hydrogens (tertiary/aromatic N) is 3. The third kappa shape index (κ3) is 3.39. The standard InChI is InChI=1S/C19H18ClFN4O2S/c20-14-7-8-23-19-13(14)5-6-16(18(19)21)25-11-9-24(10-12-25)15-3-1-2-4-17(15)28(22,26)27/h1-8H,9-12H2,(H2,22,26,27). The number of rotatable bonds is 3. The molecule has 1 saturated heterocycles. The van der Waals surface area contributed by atoms with E-state index < -0.39 is 15.8 Å². The first-order valence-electron chi connectivity index (χ1n) is 8.71. The Balaban J connectivity index is 1.59. The first-order chi connectivity index (χ1) is 13.4. The first kappa shape index (κ1) is 18.9. The molecule has 146 valence electrons. The molecular weight excluding hydrogens is 403 g/mol. The summed E-state index contributed by atoms with van der Waals surface area (Å²) in [6.45, 7) is 2.13. The smallest absolute Gasteiger partial charge is 0.240 e. The predicted octanol–water partition coefficient (Wildman–Crippen LogP) is 3.00. The molecule has 28 heavy (non-hydrogen) atoms. The SMILES string of the molecule is NS(=O)(=O)c1ccccc1N1CCN(c2ccc3c(Cl)ccnc3c2F)CC1. The molecule has 1 aliphatic heterocycles. The molecule has 0 saturated carbocycles. The van der Waals surface area contributed by atoms with Crippen molar-refractivity contribution in [2.45, 2.75) is 4.90 Å². The molecule has 9 heteroatoms. The second-order valence-corrected chi connectivity index (χ2v) is 8.51. The van der Waals surface area contributed by atoms with E-state index in [1.807, 2.05) is 9.80 Å². The number of halogens is 2. The average molecular weight is 421 g/mol. The van der Waals surface area contributed by atoms with Crippen molar-refractivity contribution in [1.82, 2.24) is 4.98 Å². The lowest BCUT2D eigenvalue weighted by atomic mass is 10.1. The maximum Gasteiger partial charge on any atom is 0.240 e. The Morgan fingerprint density at radius 3 is 2.29 bits per heavy atom. The van der Waals surface area contributed by atoms with Crippen molar-refractivity contribution < 1.29 is 12.8 Å². The lowest BCUT2D eigenvalue weighted by Crippen LogP contribution is -2.47. The first-order valence-corrected chi connectivity index (χ1v) is 10.6. The topological polar surface area (TPSA) is 79.5 Å². The van der Waals surface area contributed by atoms with E-state index in [0.29, 0.717) is 48.0 Å². The molecule has 0 amide bonds. The molecule has 2 aromatic carbocycles. The summed E-state index contributed by atoms with van der Waals surface area (Å²) < 4.78 is 38.7. The Hall–Kier alpha value is -2.42. The number of piperazine rings is 1. The van der Waals surface area contributed by atoms with E-state index in [0.717, 1.165) is 0 Å². The van der Waals surface area contributed by atoms with Crippen LogP contribution in [-0.4, -0.2) is 39.6 Å². The van der Waals surface area contributed by atoms with Crippen LogP contribution in [0.15, 0.2) is 53.6 Å². The minimum atomic E-state index is -3.82. The van der Waals surface area contributed by atoms with Gasteiger partial charge in [0.2, 0.25) is 10.0 Å². The number of sulfonamides is 1. The van der Waals surface area contributed by atoms with Crippen LogP contribution >= 0.6 is 11.6 Å². The van der Waals surface area contributed by atoms with Gasteiger partial charge >= 0.3 is 0 Å². The zero-order valence-electron chi connectivity index (χ0n) is 14.8. The summed E-state index contributed by atoms with van der Waals surface area (Å²) in [5, 5.41) is 6.37. The molecular formula is C19H18ClFN4O2S.